The number of rotatable bonds is 3. The van der Waals surface area contributed by atoms with Crippen LogP contribution >= 0.6 is 0 Å². The Morgan fingerprint density at radius 1 is 1.15 bits per heavy atom. The Hall–Kier alpha value is -1.30. The van der Waals surface area contributed by atoms with Crippen molar-refractivity contribution in [3.8, 4) is 0 Å². The summed E-state index contributed by atoms with van der Waals surface area (Å²) in [5, 5.41) is 0. The normalized spacial score (nSPS) is 11.5. The molecule has 0 N–H and O–H groups in total. The Labute approximate surface area is 80.6 Å². The lowest BCUT2D eigenvalue weighted by atomic mass is 10.1. The van der Waals surface area contributed by atoms with E-state index in [-0.39, 0.29) is 0 Å². The van der Waals surface area contributed by atoms with Crippen LogP contribution in [0.2, 0.25) is 0 Å². The van der Waals surface area contributed by atoms with E-state index in [0.29, 0.717) is 0 Å². The molecule has 0 heteroatoms. The number of hydrogen-bond donors (Lipinski definition) is 0. The van der Waals surface area contributed by atoms with Gasteiger partial charge in [0.05, 0.1) is 0 Å². The van der Waals surface area contributed by atoms with E-state index in [1.54, 1.807) is 0 Å². The summed E-state index contributed by atoms with van der Waals surface area (Å²) in [6.45, 7) is 4.27. The molecule has 0 aromatic heterocycles. The zero-order valence-corrected chi connectivity index (χ0v) is 8.33. The first-order chi connectivity index (χ1) is 6.34. The van der Waals surface area contributed by atoms with Crippen molar-refractivity contribution >= 4 is 6.08 Å². The van der Waals surface area contributed by atoms with Crippen molar-refractivity contribution in [2.75, 3.05) is 0 Å². The molecular formula is C13H16. The van der Waals surface area contributed by atoms with Gasteiger partial charge < -0.3 is 0 Å². The van der Waals surface area contributed by atoms with Gasteiger partial charge in [0.25, 0.3) is 0 Å². The van der Waals surface area contributed by atoms with Crippen LogP contribution in [-0.2, 0) is 0 Å². The van der Waals surface area contributed by atoms with Crippen LogP contribution in [0.1, 0.15) is 24.5 Å². The van der Waals surface area contributed by atoms with Crippen LogP contribution in [-0.4, -0.2) is 0 Å². The van der Waals surface area contributed by atoms with E-state index in [0.717, 1.165) is 6.42 Å². The van der Waals surface area contributed by atoms with E-state index in [1.807, 2.05) is 0 Å². The van der Waals surface area contributed by atoms with Gasteiger partial charge in [-0.1, -0.05) is 55.5 Å². The largest absolute Gasteiger partial charge is 0.0848 e. The van der Waals surface area contributed by atoms with E-state index < -0.39 is 0 Å². The summed E-state index contributed by atoms with van der Waals surface area (Å²) in [5.74, 6) is 0. The maximum Gasteiger partial charge on any atom is -0.0227 e. The number of allylic oxidation sites excluding steroid dienone is 3. The molecule has 0 radical (unpaired) electrons. The van der Waals surface area contributed by atoms with Crippen LogP contribution in [0.25, 0.3) is 6.08 Å². The molecule has 0 aliphatic carbocycles. The van der Waals surface area contributed by atoms with Crippen molar-refractivity contribution in [1.82, 2.24) is 0 Å². The summed E-state index contributed by atoms with van der Waals surface area (Å²) in [6, 6.07) is 8.39. The molecular weight excluding hydrogens is 156 g/mol. The van der Waals surface area contributed by atoms with Gasteiger partial charge in [-0.3, -0.25) is 0 Å². The zero-order chi connectivity index (χ0) is 9.52. The van der Waals surface area contributed by atoms with Gasteiger partial charge in [0.1, 0.15) is 0 Å². The van der Waals surface area contributed by atoms with Gasteiger partial charge in [-0.05, 0) is 24.5 Å². The van der Waals surface area contributed by atoms with Gasteiger partial charge in [0.2, 0.25) is 0 Å². The maximum absolute atomic E-state index is 2.15. The van der Waals surface area contributed by atoms with Crippen LogP contribution < -0.4 is 0 Å². The molecule has 0 amide bonds. The highest BCUT2D eigenvalue weighted by atomic mass is 13.9. The van der Waals surface area contributed by atoms with Gasteiger partial charge in [0.15, 0.2) is 0 Å². The Bertz CT molecular complexity index is 306. The molecule has 0 nitrogen and oxygen atoms in total. The predicted octanol–water partition coefficient (Wildman–Crippen LogP) is 3.97. The third kappa shape index (κ3) is 3.29. The minimum absolute atomic E-state index is 1.10. The van der Waals surface area contributed by atoms with E-state index in [2.05, 4.69) is 62.4 Å². The van der Waals surface area contributed by atoms with E-state index in [4.69, 9.17) is 0 Å². The fourth-order valence-electron chi connectivity index (χ4n) is 1.15. The Kier molecular flexibility index (Phi) is 4.04. The number of aryl methyl sites for hydroxylation is 1. The number of benzene rings is 1. The maximum atomic E-state index is 2.15. The molecule has 1 aromatic carbocycles. The first-order valence-corrected chi connectivity index (χ1v) is 4.73. The van der Waals surface area contributed by atoms with Crippen molar-refractivity contribution in [3.05, 3.63) is 53.6 Å². The first kappa shape index (κ1) is 9.79. The molecule has 1 rings (SSSR count). The molecule has 0 heterocycles. The van der Waals surface area contributed by atoms with Crippen molar-refractivity contribution in [2.24, 2.45) is 0 Å². The van der Waals surface area contributed by atoms with Crippen LogP contribution in [0.5, 0.6) is 0 Å². The van der Waals surface area contributed by atoms with E-state index in [1.165, 1.54) is 11.1 Å². The molecule has 0 aliphatic rings. The monoisotopic (exact) mass is 172 g/mol. The molecule has 68 valence electrons. The lowest BCUT2D eigenvalue weighted by molar-refractivity contribution is 1.22. The summed E-state index contributed by atoms with van der Waals surface area (Å²) >= 11 is 0. The van der Waals surface area contributed by atoms with Crippen LogP contribution in [0.4, 0.5) is 0 Å². The molecule has 0 atom stereocenters. The van der Waals surface area contributed by atoms with Gasteiger partial charge in [0, 0.05) is 0 Å². The topological polar surface area (TPSA) is 0 Å². The lowest BCUT2D eigenvalue weighted by Gasteiger charge is -1.96. The second kappa shape index (κ2) is 5.36. The highest BCUT2D eigenvalue weighted by Gasteiger charge is 1.88. The predicted molar refractivity (Wildman–Crippen MR) is 59.6 cm³/mol. The Morgan fingerprint density at radius 3 is 2.62 bits per heavy atom. The second-order valence-corrected chi connectivity index (χ2v) is 3.05. The molecule has 13 heavy (non-hydrogen) atoms. The fraction of sp³-hybridized carbons (Fsp3) is 0.231. The van der Waals surface area contributed by atoms with Crippen LogP contribution in [0.3, 0.4) is 0 Å². The lowest BCUT2D eigenvalue weighted by Crippen LogP contribution is -1.76. The van der Waals surface area contributed by atoms with Crippen molar-refractivity contribution in [1.29, 1.82) is 0 Å². The summed E-state index contributed by atoms with van der Waals surface area (Å²) in [5.41, 5.74) is 2.62. The molecule has 0 aliphatic heterocycles. The van der Waals surface area contributed by atoms with Crippen LogP contribution in [0, 0.1) is 6.92 Å². The summed E-state index contributed by atoms with van der Waals surface area (Å²) in [4.78, 5) is 0. The average Bonchev–Trinajstić information content (AvgIpc) is 2.15. The Balaban J connectivity index is 2.68. The minimum Gasteiger partial charge on any atom is -0.0848 e. The summed E-state index contributed by atoms with van der Waals surface area (Å²) in [6.07, 6.45) is 9.56. The average molecular weight is 172 g/mol. The van der Waals surface area contributed by atoms with Crippen molar-refractivity contribution < 1.29 is 0 Å². The zero-order valence-electron chi connectivity index (χ0n) is 8.33. The smallest absolute Gasteiger partial charge is 0.0227 e. The highest BCUT2D eigenvalue weighted by Crippen LogP contribution is 2.08. The highest BCUT2D eigenvalue weighted by molar-refractivity contribution is 5.54. The van der Waals surface area contributed by atoms with Crippen LogP contribution in [0.15, 0.2) is 42.5 Å². The van der Waals surface area contributed by atoms with E-state index in [9.17, 15) is 0 Å². The van der Waals surface area contributed by atoms with Crippen molar-refractivity contribution in [2.45, 2.75) is 20.3 Å². The standard InChI is InChI=1S/C13H16/c1-3-4-5-6-10-13-11-8-7-9-12(13)2/h4-11H,3H2,1-2H3. The van der Waals surface area contributed by atoms with Gasteiger partial charge in [-0.25, -0.2) is 0 Å². The first-order valence-electron chi connectivity index (χ1n) is 4.73. The molecule has 0 saturated carbocycles. The summed E-state index contributed by atoms with van der Waals surface area (Å²) in [7, 11) is 0. The van der Waals surface area contributed by atoms with Gasteiger partial charge in [-0.15, -0.1) is 0 Å². The third-order valence-electron chi connectivity index (χ3n) is 1.95. The molecule has 0 bridgehead atoms. The van der Waals surface area contributed by atoms with Gasteiger partial charge >= 0.3 is 0 Å². The number of hydrogen-bond acceptors (Lipinski definition) is 0. The third-order valence-corrected chi connectivity index (χ3v) is 1.95. The Morgan fingerprint density at radius 2 is 1.92 bits per heavy atom. The fourth-order valence-corrected chi connectivity index (χ4v) is 1.15. The molecule has 0 unspecified atom stereocenters. The molecule has 0 spiro atoms. The van der Waals surface area contributed by atoms with Crippen molar-refractivity contribution in [3.63, 3.8) is 0 Å². The SMILES string of the molecule is CCC=CC=Cc1ccccc1C. The molecule has 0 saturated heterocycles. The van der Waals surface area contributed by atoms with E-state index >= 15 is 0 Å². The quantitative estimate of drug-likeness (QED) is 0.605. The van der Waals surface area contributed by atoms with Gasteiger partial charge in [-0.2, -0.15) is 0 Å². The summed E-state index contributed by atoms with van der Waals surface area (Å²) < 4.78 is 0. The minimum atomic E-state index is 1.10. The molecule has 1 aromatic rings. The second-order valence-electron chi connectivity index (χ2n) is 3.05. The molecule has 0 fully saturated rings.